The second-order valence-corrected chi connectivity index (χ2v) is 4.69. The summed E-state index contributed by atoms with van der Waals surface area (Å²) in [5, 5.41) is 2.81. The molecule has 1 heterocycles. The zero-order valence-corrected chi connectivity index (χ0v) is 12.2. The van der Waals surface area contributed by atoms with E-state index in [-0.39, 0.29) is 11.7 Å². The van der Waals surface area contributed by atoms with Gasteiger partial charge in [-0.05, 0) is 26.5 Å². The highest BCUT2D eigenvalue weighted by Crippen LogP contribution is 2.16. The third-order valence-electron chi connectivity index (χ3n) is 2.80. The number of amides is 2. The van der Waals surface area contributed by atoms with Gasteiger partial charge >= 0.3 is 5.91 Å². The molecule has 0 saturated carbocycles. The number of furan rings is 1. The third kappa shape index (κ3) is 4.67. The first-order valence-electron chi connectivity index (χ1n) is 6.53. The summed E-state index contributed by atoms with van der Waals surface area (Å²) in [5.74, 6) is 5.38. The third-order valence-corrected chi connectivity index (χ3v) is 2.80. The molecule has 2 amide bonds. The molecule has 1 aromatic rings. The summed E-state index contributed by atoms with van der Waals surface area (Å²) < 4.78 is 5.32. The van der Waals surface area contributed by atoms with E-state index in [2.05, 4.69) is 5.32 Å². The molecule has 0 saturated heterocycles. The topological polar surface area (TPSA) is 101 Å². The number of nitrogens with zero attached hydrogens (tertiary/aromatic N) is 1. The highest BCUT2D eigenvalue weighted by atomic mass is 16.4. The Morgan fingerprint density at radius 3 is 2.75 bits per heavy atom. The molecule has 1 aromatic heterocycles. The molecule has 7 heteroatoms. The van der Waals surface area contributed by atoms with E-state index < -0.39 is 5.91 Å². The van der Waals surface area contributed by atoms with Crippen LogP contribution in [0.3, 0.4) is 0 Å². The molecule has 4 N–H and O–H groups in total. The number of hydrazine groups is 1. The largest absolute Gasteiger partial charge is 0.456 e. The molecular weight excluding hydrogens is 260 g/mol. The molecule has 0 bridgehead atoms. The summed E-state index contributed by atoms with van der Waals surface area (Å²) in [5.41, 5.74) is 2.88. The summed E-state index contributed by atoms with van der Waals surface area (Å²) in [4.78, 5) is 24.8. The molecule has 20 heavy (non-hydrogen) atoms. The second kappa shape index (κ2) is 7.66. The average Bonchev–Trinajstić information content (AvgIpc) is 2.76. The summed E-state index contributed by atoms with van der Waals surface area (Å²) >= 11 is 0. The molecule has 1 rings (SSSR count). The molecule has 0 spiro atoms. The van der Waals surface area contributed by atoms with Gasteiger partial charge in [0.2, 0.25) is 5.91 Å². The minimum absolute atomic E-state index is 0.0181. The lowest BCUT2D eigenvalue weighted by Crippen LogP contribution is -2.35. The van der Waals surface area contributed by atoms with Gasteiger partial charge in [0.25, 0.3) is 0 Å². The van der Waals surface area contributed by atoms with Gasteiger partial charge in [0, 0.05) is 18.7 Å². The Morgan fingerprint density at radius 2 is 2.15 bits per heavy atom. The molecule has 0 fully saturated rings. The van der Waals surface area contributed by atoms with Crippen LogP contribution in [-0.2, 0) is 11.3 Å². The van der Waals surface area contributed by atoms with Gasteiger partial charge in [-0.15, -0.1) is 0 Å². The van der Waals surface area contributed by atoms with Gasteiger partial charge in [-0.3, -0.25) is 19.9 Å². The van der Waals surface area contributed by atoms with Crippen molar-refractivity contribution in [3.63, 3.8) is 0 Å². The van der Waals surface area contributed by atoms with Crippen molar-refractivity contribution in [2.24, 2.45) is 5.84 Å². The highest BCUT2D eigenvalue weighted by molar-refractivity contribution is 5.91. The summed E-state index contributed by atoms with van der Waals surface area (Å²) in [7, 11) is 1.83. The van der Waals surface area contributed by atoms with E-state index in [0.29, 0.717) is 25.4 Å². The first kappa shape index (κ1) is 16.2. The van der Waals surface area contributed by atoms with Crippen molar-refractivity contribution in [2.75, 3.05) is 20.1 Å². The number of rotatable bonds is 7. The quantitative estimate of drug-likeness (QED) is 0.375. The van der Waals surface area contributed by atoms with Crippen LogP contribution in [-0.4, -0.2) is 36.9 Å². The number of hydrogen-bond donors (Lipinski definition) is 3. The van der Waals surface area contributed by atoms with Crippen molar-refractivity contribution in [3.8, 4) is 0 Å². The predicted molar refractivity (Wildman–Crippen MR) is 74.7 cm³/mol. The zero-order valence-electron chi connectivity index (χ0n) is 12.2. The number of nitrogens with two attached hydrogens (primary N) is 1. The minimum atomic E-state index is -0.470. The van der Waals surface area contributed by atoms with Crippen molar-refractivity contribution in [1.29, 1.82) is 0 Å². The predicted octanol–water partition coefficient (Wildman–Crippen LogP) is 0.150. The Balaban J connectivity index is 2.57. The van der Waals surface area contributed by atoms with Gasteiger partial charge in [0.05, 0.1) is 6.54 Å². The number of carbonyl (C=O) groups is 2. The Bertz CT molecular complexity index is 470. The molecule has 0 radical (unpaired) electrons. The Labute approximate surface area is 118 Å². The van der Waals surface area contributed by atoms with E-state index in [1.54, 1.807) is 13.0 Å². The number of hydrogen-bond acceptors (Lipinski definition) is 5. The van der Waals surface area contributed by atoms with Gasteiger partial charge in [-0.25, -0.2) is 5.84 Å². The number of likely N-dealkylation sites (N-methyl/N-ethyl adjacent to an activating group) is 1. The standard InChI is InChI=1S/C13H22N4O3/c1-4-5-15-12(18)8-17(3)7-10-6-11(13(19)16-14)20-9(10)2/h6H,4-5,7-8,14H2,1-3H3,(H,15,18)(H,16,19). The van der Waals surface area contributed by atoms with Crippen LogP contribution in [0.15, 0.2) is 10.5 Å². The van der Waals surface area contributed by atoms with E-state index >= 15 is 0 Å². The van der Waals surface area contributed by atoms with Gasteiger partial charge in [-0.2, -0.15) is 0 Å². The Morgan fingerprint density at radius 1 is 1.45 bits per heavy atom. The molecule has 0 aromatic carbocycles. The van der Waals surface area contributed by atoms with Crippen LogP contribution in [0.25, 0.3) is 0 Å². The summed E-state index contributed by atoms with van der Waals surface area (Å²) in [6, 6.07) is 1.64. The van der Waals surface area contributed by atoms with Gasteiger partial charge in [0.15, 0.2) is 5.76 Å². The molecule has 0 aliphatic carbocycles. The molecular formula is C13H22N4O3. The van der Waals surface area contributed by atoms with E-state index in [0.717, 1.165) is 12.0 Å². The fourth-order valence-electron chi connectivity index (χ4n) is 1.77. The van der Waals surface area contributed by atoms with Crippen LogP contribution in [0, 0.1) is 6.92 Å². The monoisotopic (exact) mass is 282 g/mol. The molecule has 7 nitrogen and oxygen atoms in total. The Kier molecular flexibility index (Phi) is 6.20. The van der Waals surface area contributed by atoms with Crippen molar-refractivity contribution in [1.82, 2.24) is 15.6 Å². The number of nitrogen functional groups attached to an aromatic ring is 1. The SMILES string of the molecule is CCCNC(=O)CN(C)Cc1cc(C(=O)NN)oc1C. The fourth-order valence-corrected chi connectivity index (χ4v) is 1.77. The molecule has 0 atom stereocenters. The summed E-state index contributed by atoms with van der Waals surface area (Å²) in [6.45, 7) is 5.27. The van der Waals surface area contributed by atoms with Crippen molar-refractivity contribution in [2.45, 2.75) is 26.8 Å². The van der Waals surface area contributed by atoms with Gasteiger partial charge < -0.3 is 9.73 Å². The van der Waals surface area contributed by atoms with Crippen molar-refractivity contribution < 1.29 is 14.0 Å². The van der Waals surface area contributed by atoms with Crippen LogP contribution in [0.2, 0.25) is 0 Å². The second-order valence-electron chi connectivity index (χ2n) is 4.69. The highest BCUT2D eigenvalue weighted by Gasteiger charge is 2.15. The molecule has 0 aliphatic heterocycles. The van der Waals surface area contributed by atoms with E-state index in [1.165, 1.54) is 0 Å². The first-order chi connectivity index (χ1) is 9.47. The fraction of sp³-hybridized carbons (Fsp3) is 0.538. The lowest BCUT2D eigenvalue weighted by Gasteiger charge is -2.15. The van der Waals surface area contributed by atoms with Crippen LogP contribution in [0.1, 0.15) is 35.2 Å². The summed E-state index contributed by atoms with van der Waals surface area (Å²) in [6.07, 6.45) is 0.911. The Hall–Kier alpha value is -1.86. The van der Waals surface area contributed by atoms with E-state index in [4.69, 9.17) is 10.3 Å². The lowest BCUT2D eigenvalue weighted by molar-refractivity contribution is -0.122. The molecule has 0 aliphatic rings. The van der Waals surface area contributed by atoms with E-state index in [1.807, 2.05) is 24.3 Å². The van der Waals surface area contributed by atoms with Gasteiger partial charge in [0.1, 0.15) is 5.76 Å². The van der Waals surface area contributed by atoms with Crippen LogP contribution < -0.4 is 16.6 Å². The normalized spacial score (nSPS) is 10.7. The number of nitrogens with one attached hydrogen (secondary N) is 2. The van der Waals surface area contributed by atoms with Gasteiger partial charge in [-0.1, -0.05) is 6.92 Å². The van der Waals surface area contributed by atoms with Crippen LogP contribution >= 0.6 is 0 Å². The average molecular weight is 282 g/mol. The molecule has 0 unspecified atom stereocenters. The first-order valence-corrected chi connectivity index (χ1v) is 6.53. The van der Waals surface area contributed by atoms with Crippen molar-refractivity contribution in [3.05, 3.63) is 23.2 Å². The van der Waals surface area contributed by atoms with Crippen LogP contribution in [0.4, 0.5) is 0 Å². The number of carbonyl (C=O) groups excluding carboxylic acids is 2. The molecule has 112 valence electrons. The smallest absolute Gasteiger partial charge is 0.300 e. The lowest BCUT2D eigenvalue weighted by atomic mass is 10.2. The maximum atomic E-state index is 11.6. The van der Waals surface area contributed by atoms with Crippen molar-refractivity contribution >= 4 is 11.8 Å². The maximum absolute atomic E-state index is 11.6. The number of aryl methyl sites for hydroxylation is 1. The van der Waals surface area contributed by atoms with E-state index in [9.17, 15) is 9.59 Å². The minimum Gasteiger partial charge on any atom is -0.456 e. The van der Waals surface area contributed by atoms with Crippen LogP contribution in [0.5, 0.6) is 0 Å². The zero-order chi connectivity index (χ0) is 15.1. The maximum Gasteiger partial charge on any atom is 0.300 e.